The van der Waals surface area contributed by atoms with Crippen LogP contribution in [0.3, 0.4) is 0 Å². The first-order valence-electron chi connectivity index (χ1n) is 9.12. The van der Waals surface area contributed by atoms with Gasteiger partial charge in [-0.3, -0.25) is 4.79 Å². The maximum atomic E-state index is 12.9. The Morgan fingerprint density at radius 3 is 2.76 bits per heavy atom. The summed E-state index contributed by atoms with van der Waals surface area (Å²) in [7, 11) is 0. The molecule has 0 spiro atoms. The van der Waals surface area contributed by atoms with E-state index in [0.717, 1.165) is 12.0 Å². The highest BCUT2D eigenvalue weighted by Crippen LogP contribution is 2.38. The zero-order chi connectivity index (χ0) is 20.4. The molecule has 1 aliphatic rings. The number of benzene rings is 2. The van der Waals surface area contributed by atoms with Crippen molar-refractivity contribution in [2.75, 3.05) is 13.2 Å². The van der Waals surface area contributed by atoms with Gasteiger partial charge in [-0.15, -0.1) is 0 Å². The fraction of sp³-hybridized carbons (Fsp3) is 0.238. The van der Waals surface area contributed by atoms with E-state index in [1.165, 1.54) is 0 Å². The summed E-state index contributed by atoms with van der Waals surface area (Å²) in [5.74, 6) is 1.21. The van der Waals surface area contributed by atoms with Crippen molar-refractivity contribution in [1.82, 2.24) is 10.5 Å². The van der Waals surface area contributed by atoms with Crippen molar-refractivity contribution in [3.05, 3.63) is 63.3 Å². The van der Waals surface area contributed by atoms with Crippen LogP contribution >= 0.6 is 23.2 Å². The molecule has 1 aliphatic heterocycles. The third-order valence-corrected chi connectivity index (χ3v) is 5.14. The average molecular weight is 433 g/mol. The summed E-state index contributed by atoms with van der Waals surface area (Å²) in [5.41, 5.74) is 2.18. The van der Waals surface area contributed by atoms with Crippen molar-refractivity contribution >= 4 is 29.1 Å². The largest absolute Gasteiger partial charge is 0.489 e. The lowest BCUT2D eigenvalue weighted by Gasteiger charge is -2.12. The minimum atomic E-state index is -0.318. The van der Waals surface area contributed by atoms with Crippen LogP contribution in [-0.2, 0) is 6.54 Å². The number of ether oxygens (including phenoxy) is 2. The number of rotatable bonds is 4. The lowest BCUT2D eigenvalue weighted by atomic mass is 10.1. The molecule has 0 saturated heterocycles. The topological polar surface area (TPSA) is 73.6 Å². The van der Waals surface area contributed by atoms with Crippen LogP contribution in [0.15, 0.2) is 40.9 Å². The molecule has 0 unspecified atom stereocenters. The zero-order valence-corrected chi connectivity index (χ0v) is 17.1. The van der Waals surface area contributed by atoms with Crippen LogP contribution in [-0.4, -0.2) is 24.3 Å². The van der Waals surface area contributed by atoms with Gasteiger partial charge in [0.1, 0.15) is 17.0 Å². The Balaban J connectivity index is 1.56. The summed E-state index contributed by atoms with van der Waals surface area (Å²) in [4.78, 5) is 12.9. The number of hydrogen-bond acceptors (Lipinski definition) is 5. The van der Waals surface area contributed by atoms with E-state index in [4.69, 9.17) is 37.2 Å². The molecule has 150 valence electrons. The standard InChI is InChI=1S/C21H18Cl2N2O4/c1-12-18(19(25-29-12)14-5-2-3-6-15(14)22)21(26)24-11-13-9-16(23)20-17(10-13)27-7-4-8-28-20/h2-3,5-6,9-10H,4,7-8,11H2,1H3,(H,24,26). The van der Waals surface area contributed by atoms with Crippen molar-refractivity contribution in [2.45, 2.75) is 19.9 Å². The molecule has 0 aliphatic carbocycles. The van der Waals surface area contributed by atoms with Gasteiger partial charge in [-0.25, -0.2) is 0 Å². The van der Waals surface area contributed by atoms with Crippen LogP contribution in [0, 0.1) is 6.92 Å². The van der Waals surface area contributed by atoms with E-state index in [0.29, 0.717) is 57.3 Å². The Hall–Kier alpha value is -2.70. The molecule has 2 aromatic carbocycles. The Morgan fingerprint density at radius 1 is 1.14 bits per heavy atom. The van der Waals surface area contributed by atoms with Gasteiger partial charge < -0.3 is 19.3 Å². The lowest BCUT2D eigenvalue weighted by Crippen LogP contribution is -2.23. The van der Waals surface area contributed by atoms with Gasteiger partial charge in [-0.05, 0) is 30.7 Å². The highest BCUT2D eigenvalue weighted by atomic mass is 35.5. The number of nitrogens with one attached hydrogen (secondary N) is 1. The van der Waals surface area contributed by atoms with Crippen LogP contribution in [0.1, 0.15) is 28.1 Å². The molecule has 0 fully saturated rings. The highest BCUT2D eigenvalue weighted by molar-refractivity contribution is 6.33. The second-order valence-corrected chi connectivity index (χ2v) is 7.39. The molecule has 8 heteroatoms. The number of aryl methyl sites for hydroxylation is 1. The van der Waals surface area contributed by atoms with E-state index in [-0.39, 0.29) is 12.5 Å². The highest BCUT2D eigenvalue weighted by Gasteiger charge is 2.23. The Bertz CT molecular complexity index is 1060. The third kappa shape index (κ3) is 4.04. The van der Waals surface area contributed by atoms with E-state index in [1.54, 1.807) is 25.1 Å². The number of carbonyl (C=O) groups excluding carboxylic acids is 1. The predicted octanol–water partition coefficient (Wildman–Crippen LogP) is 5.05. The molecular formula is C21H18Cl2N2O4. The van der Waals surface area contributed by atoms with Gasteiger partial charge in [0.25, 0.3) is 5.91 Å². The van der Waals surface area contributed by atoms with E-state index in [2.05, 4.69) is 10.5 Å². The molecule has 1 aromatic heterocycles. The smallest absolute Gasteiger partial charge is 0.257 e. The summed E-state index contributed by atoms with van der Waals surface area (Å²) in [5, 5.41) is 7.85. The summed E-state index contributed by atoms with van der Waals surface area (Å²) in [6.07, 6.45) is 0.786. The SMILES string of the molecule is Cc1onc(-c2ccccc2Cl)c1C(=O)NCc1cc(Cl)c2c(c1)OCCCO2. The summed E-state index contributed by atoms with van der Waals surface area (Å²) < 4.78 is 16.6. The summed E-state index contributed by atoms with van der Waals surface area (Å²) >= 11 is 12.6. The predicted molar refractivity (Wildman–Crippen MR) is 110 cm³/mol. The van der Waals surface area contributed by atoms with Crippen LogP contribution in [0.4, 0.5) is 0 Å². The first-order valence-corrected chi connectivity index (χ1v) is 9.87. The van der Waals surface area contributed by atoms with Crippen LogP contribution in [0.5, 0.6) is 11.5 Å². The summed E-state index contributed by atoms with van der Waals surface area (Å²) in [6, 6.07) is 10.7. The molecule has 1 amide bonds. The van der Waals surface area contributed by atoms with Gasteiger partial charge in [-0.1, -0.05) is 46.6 Å². The zero-order valence-electron chi connectivity index (χ0n) is 15.6. The Kier molecular flexibility index (Phi) is 5.65. The van der Waals surface area contributed by atoms with Gasteiger partial charge in [0.2, 0.25) is 0 Å². The van der Waals surface area contributed by atoms with E-state index >= 15 is 0 Å². The van der Waals surface area contributed by atoms with Crippen LogP contribution in [0.25, 0.3) is 11.3 Å². The molecule has 0 saturated carbocycles. The lowest BCUT2D eigenvalue weighted by molar-refractivity contribution is 0.0950. The molecule has 2 heterocycles. The van der Waals surface area contributed by atoms with Crippen molar-refractivity contribution in [1.29, 1.82) is 0 Å². The quantitative estimate of drug-likeness (QED) is 0.624. The number of carbonyl (C=O) groups is 1. The van der Waals surface area contributed by atoms with Crippen molar-refractivity contribution in [3.63, 3.8) is 0 Å². The van der Waals surface area contributed by atoms with Crippen molar-refractivity contribution < 1.29 is 18.8 Å². The maximum absolute atomic E-state index is 12.9. The fourth-order valence-corrected chi connectivity index (χ4v) is 3.65. The Labute approximate surface area is 177 Å². The van der Waals surface area contributed by atoms with E-state index in [1.807, 2.05) is 18.2 Å². The van der Waals surface area contributed by atoms with E-state index in [9.17, 15) is 4.79 Å². The number of hydrogen-bond donors (Lipinski definition) is 1. The summed E-state index contributed by atoms with van der Waals surface area (Å²) in [6.45, 7) is 3.05. The number of nitrogens with zero attached hydrogens (tertiary/aromatic N) is 1. The van der Waals surface area contributed by atoms with Gasteiger partial charge in [-0.2, -0.15) is 0 Å². The van der Waals surface area contributed by atoms with Crippen molar-refractivity contribution in [2.24, 2.45) is 0 Å². The second-order valence-electron chi connectivity index (χ2n) is 6.58. The van der Waals surface area contributed by atoms with E-state index < -0.39 is 0 Å². The molecule has 29 heavy (non-hydrogen) atoms. The first kappa shape index (κ1) is 19.6. The third-order valence-electron chi connectivity index (χ3n) is 4.53. The molecule has 0 radical (unpaired) electrons. The van der Waals surface area contributed by atoms with Crippen LogP contribution < -0.4 is 14.8 Å². The molecule has 1 N–H and O–H groups in total. The molecule has 6 nitrogen and oxygen atoms in total. The van der Waals surface area contributed by atoms with Gasteiger partial charge in [0.05, 0.1) is 23.3 Å². The Morgan fingerprint density at radius 2 is 1.93 bits per heavy atom. The molecule has 0 bridgehead atoms. The van der Waals surface area contributed by atoms with Gasteiger partial charge >= 0.3 is 0 Å². The van der Waals surface area contributed by atoms with Gasteiger partial charge in [0.15, 0.2) is 11.5 Å². The minimum absolute atomic E-state index is 0.252. The number of aromatic nitrogens is 1. The molecule has 3 aromatic rings. The number of amides is 1. The molecular weight excluding hydrogens is 415 g/mol. The van der Waals surface area contributed by atoms with Crippen LogP contribution in [0.2, 0.25) is 10.0 Å². The monoisotopic (exact) mass is 432 g/mol. The fourth-order valence-electron chi connectivity index (χ4n) is 3.13. The minimum Gasteiger partial charge on any atom is -0.489 e. The number of halogens is 2. The average Bonchev–Trinajstić information content (AvgIpc) is 2.93. The molecule has 4 rings (SSSR count). The second kappa shape index (κ2) is 8.35. The first-order chi connectivity index (χ1) is 14.0. The van der Waals surface area contributed by atoms with Gasteiger partial charge in [0, 0.05) is 18.5 Å². The normalized spacial score (nSPS) is 13.1. The van der Waals surface area contributed by atoms with Crippen molar-refractivity contribution in [3.8, 4) is 22.8 Å². The number of fused-ring (bicyclic) bond motifs is 1. The maximum Gasteiger partial charge on any atom is 0.257 e. The molecule has 0 atom stereocenters.